The zero-order chi connectivity index (χ0) is 20.5. The highest BCUT2D eigenvalue weighted by Gasteiger charge is 2.33. The number of anilines is 2. The number of carbonyl (C=O) groups excluding carboxylic acids is 2. The lowest BCUT2D eigenvalue weighted by Crippen LogP contribution is -2.49. The first-order valence-corrected chi connectivity index (χ1v) is 8.20. The van der Waals surface area contributed by atoms with Gasteiger partial charge in [0.25, 0.3) is 11.8 Å². The van der Waals surface area contributed by atoms with E-state index >= 15 is 0 Å². The smallest absolute Gasteiger partial charge is 0.322 e. The van der Waals surface area contributed by atoms with Gasteiger partial charge in [-0.15, -0.1) is 12.6 Å². The number of pyridine rings is 1. The van der Waals surface area contributed by atoms with Crippen molar-refractivity contribution in [1.29, 1.82) is 0 Å². The summed E-state index contributed by atoms with van der Waals surface area (Å²) < 4.78 is 50.7. The molecule has 2 aromatic rings. The van der Waals surface area contributed by atoms with Crippen LogP contribution in [0.25, 0.3) is 0 Å². The average Bonchev–Trinajstić information content (AvgIpc) is 2.62. The zero-order valence-electron chi connectivity index (χ0n) is 13.9. The van der Waals surface area contributed by atoms with Crippen LogP contribution in [0, 0.1) is 5.82 Å². The van der Waals surface area contributed by atoms with Crippen LogP contribution in [0.4, 0.5) is 28.9 Å². The van der Waals surface area contributed by atoms with E-state index in [0.29, 0.717) is 0 Å². The van der Waals surface area contributed by atoms with Crippen LogP contribution in [-0.2, 0) is 15.8 Å². The molecule has 0 saturated heterocycles. The molecule has 0 saturated carbocycles. The van der Waals surface area contributed by atoms with E-state index in [2.05, 4.69) is 28.4 Å². The average molecular weight is 412 g/mol. The molecular weight excluding hydrogens is 400 g/mol. The van der Waals surface area contributed by atoms with Crippen LogP contribution in [0.1, 0.15) is 5.69 Å². The van der Waals surface area contributed by atoms with E-state index in [9.17, 15) is 27.2 Å². The third-order valence-electron chi connectivity index (χ3n) is 3.74. The van der Waals surface area contributed by atoms with E-state index in [1.165, 1.54) is 17.1 Å². The Hall–Kier alpha value is -3.08. The Labute approximate surface area is 161 Å². The number of amides is 2. The van der Waals surface area contributed by atoms with Crippen LogP contribution >= 0.6 is 12.6 Å². The lowest BCUT2D eigenvalue weighted by Gasteiger charge is -2.30. The van der Waals surface area contributed by atoms with Gasteiger partial charge in [0.2, 0.25) is 0 Å². The molecule has 0 radical (unpaired) electrons. The van der Waals surface area contributed by atoms with E-state index in [-0.39, 0.29) is 28.4 Å². The summed E-state index contributed by atoms with van der Waals surface area (Å²) in [7, 11) is 0. The van der Waals surface area contributed by atoms with Crippen molar-refractivity contribution >= 4 is 35.8 Å². The van der Waals surface area contributed by atoms with Crippen LogP contribution in [0.3, 0.4) is 0 Å². The topological polar surface area (TPSA) is 74.3 Å². The summed E-state index contributed by atoms with van der Waals surface area (Å²) in [5, 5.41) is 3.66. The summed E-state index contributed by atoms with van der Waals surface area (Å²) in [4.78, 5) is 28.1. The van der Waals surface area contributed by atoms with Gasteiger partial charge in [-0.25, -0.2) is 9.37 Å². The standard InChI is InChI=1S/C17H12F4N4O2S/c18-9-1-3-10(4-2-9)23-15(26)14-12(28)8-25(24-16(14)27)11-5-6-13(22-7-11)17(19,20)21/h1-7,28H,8H2,(H,23,26)(H,24,27). The summed E-state index contributed by atoms with van der Waals surface area (Å²) in [5.74, 6) is -2.03. The summed E-state index contributed by atoms with van der Waals surface area (Å²) >= 11 is 4.17. The zero-order valence-corrected chi connectivity index (χ0v) is 14.8. The molecular formula is C17H12F4N4O2S. The van der Waals surface area contributed by atoms with Gasteiger partial charge in [-0.1, -0.05) is 0 Å². The van der Waals surface area contributed by atoms with E-state index in [0.717, 1.165) is 30.5 Å². The molecule has 0 atom stereocenters. The minimum Gasteiger partial charge on any atom is -0.322 e. The Bertz CT molecular complexity index is 943. The number of benzene rings is 1. The molecule has 0 spiro atoms. The predicted octanol–water partition coefficient (Wildman–Crippen LogP) is 2.91. The summed E-state index contributed by atoms with van der Waals surface area (Å²) in [5.41, 5.74) is 1.53. The molecule has 0 unspecified atom stereocenters. The number of nitrogens with one attached hydrogen (secondary N) is 2. The number of nitrogens with zero attached hydrogens (tertiary/aromatic N) is 2. The number of aromatic nitrogens is 1. The summed E-state index contributed by atoms with van der Waals surface area (Å²) in [6, 6.07) is 6.86. The molecule has 6 nitrogen and oxygen atoms in total. The van der Waals surface area contributed by atoms with Crippen molar-refractivity contribution < 1.29 is 27.2 Å². The molecule has 0 bridgehead atoms. The monoisotopic (exact) mass is 412 g/mol. The van der Waals surface area contributed by atoms with Gasteiger partial charge in [0.15, 0.2) is 0 Å². The Morgan fingerprint density at radius 1 is 1.18 bits per heavy atom. The first-order chi connectivity index (χ1) is 13.1. The van der Waals surface area contributed by atoms with Crippen molar-refractivity contribution in [2.24, 2.45) is 0 Å². The molecule has 1 aromatic heterocycles. The highest BCUT2D eigenvalue weighted by molar-refractivity contribution is 7.84. The lowest BCUT2D eigenvalue weighted by molar-refractivity contribution is -0.141. The van der Waals surface area contributed by atoms with Crippen LogP contribution in [0.15, 0.2) is 53.1 Å². The van der Waals surface area contributed by atoms with Crippen molar-refractivity contribution in [3.05, 3.63) is 64.6 Å². The highest BCUT2D eigenvalue weighted by atomic mass is 32.1. The molecule has 3 rings (SSSR count). The van der Waals surface area contributed by atoms with Crippen molar-refractivity contribution in [3.63, 3.8) is 0 Å². The van der Waals surface area contributed by atoms with Gasteiger partial charge in [-0.2, -0.15) is 13.2 Å². The van der Waals surface area contributed by atoms with Gasteiger partial charge >= 0.3 is 6.18 Å². The molecule has 11 heteroatoms. The number of hydrogen-bond donors (Lipinski definition) is 3. The third-order valence-corrected chi connectivity index (χ3v) is 4.10. The lowest BCUT2D eigenvalue weighted by atomic mass is 10.1. The molecule has 2 N–H and O–H groups in total. The Morgan fingerprint density at radius 3 is 2.39 bits per heavy atom. The minimum absolute atomic E-state index is 0.0614. The van der Waals surface area contributed by atoms with Crippen molar-refractivity contribution in [2.45, 2.75) is 6.18 Å². The number of halogens is 4. The highest BCUT2D eigenvalue weighted by Crippen LogP contribution is 2.29. The Balaban J connectivity index is 1.76. The molecule has 1 aliphatic heterocycles. The molecule has 1 aliphatic rings. The fraction of sp³-hybridized carbons (Fsp3) is 0.118. The van der Waals surface area contributed by atoms with Crippen molar-refractivity contribution in [2.75, 3.05) is 16.9 Å². The maximum atomic E-state index is 12.9. The number of thiol groups is 1. The van der Waals surface area contributed by atoms with Gasteiger partial charge in [-0.05, 0) is 36.4 Å². The fourth-order valence-electron chi connectivity index (χ4n) is 2.41. The second-order valence-corrected chi connectivity index (χ2v) is 6.25. The molecule has 28 heavy (non-hydrogen) atoms. The van der Waals surface area contributed by atoms with E-state index < -0.39 is 29.5 Å². The first kappa shape index (κ1) is 19.7. The van der Waals surface area contributed by atoms with Crippen LogP contribution < -0.4 is 15.8 Å². The van der Waals surface area contributed by atoms with Crippen LogP contribution in [-0.4, -0.2) is 23.3 Å². The second-order valence-electron chi connectivity index (χ2n) is 5.71. The molecule has 2 heterocycles. The quantitative estimate of drug-likeness (QED) is 0.412. The van der Waals surface area contributed by atoms with Gasteiger partial charge in [-0.3, -0.25) is 20.0 Å². The SMILES string of the molecule is O=C(Nc1ccc(F)cc1)C1=C(S)CN(c2ccc(C(F)(F)F)nc2)NC1=O. The third kappa shape index (κ3) is 4.25. The van der Waals surface area contributed by atoms with Crippen molar-refractivity contribution in [1.82, 2.24) is 10.4 Å². The van der Waals surface area contributed by atoms with Crippen LogP contribution in [0.2, 0.25) is 0 Å². The molecule has 0 fully saturated rings. The predicted molar refractivity (Wildman–Crippen MR) is 95.8 cm³/mol. The normalized spacial score (nSPS) is 14.8. The Morgan fingerprint density at radius 2 is 1.86 bits per heavy atom. The maximum absolute atomic E-state index is 12.9. The van der Waals surface area contributed by atoms with Gasteiger partial charge in [0, 0.05) is 10.6 Å². The fourth-order valence-corrected chi connectivity index (χ4v) is 2.75. The molecule has 2 amide bonds. The molecule has 1 aromatic carbocycles. The van der Waals surface area contributed by atoms with Crippen LogP contribution in [0.5, 0.6) is 0 Å². The molecule has 146 valence electrons. The van der Waals surface area contributed by atoms with Gasteiger partial charge < -0.3 is 5.32 Å². The first-order valence-electron chi connectivity index (χ1n) is 7.76. The number of carbonyl (C=O) groups is 2. The minimum atomic E-state index is -4.58. The maximum Gasteiger partial charge on any atom is 0.433 e. The summed E-state index contributed by atoms with van der Waals surface area (Å²) in [6.07, 6.45) is -3.63. The van der Waals surface area contributed by atoms with E-state index in [1.54, 1.807) is 0 Å². The van der Waals surface area contributed by atoms with E-state index in [4.69, 9.17) is 0 Å². The summed E-state index contributed by atoms with van der Waals surface area (Å²) in [6.45, 7) is -0.0614. The Kier molecular flexibility index (Phi) is 5.27. The number of alkyl halides is 3. The second kappa shape index (κ2) is 7.50. The van der Waals surface area contributed by atoms with Crippen molar-refractivity contribution in [3.8, 4) is 0 Å². The number of hydrogen-bond acceptors (Lipinski definition) is 5. The number of rotatable bonds is 3. The van der Waals surface area contributed by atoms with E-state index in [1.807, 2.05) is 0 Å². The number of hydrazine groups is 1. The largest absolute Gasteiger partial charge is 0.433 e. The molecule has 0 aliphatic carbocycles. The van der Waals surface area contributed by atoms with Gasteiger partial charge in [0.05, 0.1) is 18.4 Å². The van der Waals surface area contributed by atoms with Gasteiger partial charge in [0.1, 0.15) is 17.1 Å².